The molecule has 1 atom stereocenters. The van der Waals surface area contributed by atoms with E-state index in [1.165, 1.54) is 16.7 Å². The molecule has 0 heterocycles. The van der Waals surface area contributed by atoms with Crippen molar-refractivity contribution in [3.63, 3.8) is 0 Å². The largest absolute Gasteiger partial charge is 0.0950 e. The van der Waals surface area contributed by atoms with Gasteiger partial charge in [0, 0.05) is 5.92 Å². The van der Waals surface area contributed by atoms with Crippen molar-refractivity contribution < 1.29 is 0 Å². The number of allylic oxidation sites excluding steroid dienone is 5. The Balaban J connectivity index is 2.97. The van der Waals surface area contributed by atoms with E-state index in [-0.39, 0.29) is 0 Å². The third-order valence-electron chi connectivity index (χ3n) is 2.31. The summed E-state index contributed by atoms with van der Waals surface area (Å²) in [5.41, 5.74) is 3.99. The molecule has 0 spiro atoms. The molecule has 1 aliphatic carbocycles. The Labute approximate surface area is 62.9 Å². The number of hydrogen-bond acceptors (Lipinski definition) is 0. The van der Waals surface area contributed by atoms with Crippen LogP contribution in [0.5, 0.6) is 0 Å². The second kappa shape index (κ2) is 2.45. The third kappa shape index (κ3) is 1.06. The molecule has 0 saturated carbocycles. The van der Waals surface area contributed by atoms with Crippen molar-refractivity contribution in [2.24, 2.45) is 5.92 Å². The van der Waals surface area contributed by atoms with Gasteiger partial charge in [0.05, 0.1) is 0 Å². The minimum absolute atomic E-state index is 0.546. The quantitative estimate of drug-likeness (QED) is 0.477. The van der Waals surface area contributed by atoms with E-state index in [4.69, 9.17) is 0 Å². The van der Waals surface area contributed by atoms with Crippen LogP contribution < -0.4 is 0 Å². The summed E-state index contributed by atoms with van der Waals surface area (Å²) in [7, 11) is 0. The van der Waals surface area contributed by atoms with Crippen molar-refractivity contribution >= 4 is 0 Å². The lowest BCUT2D eigenvalue weighted by molar-refractivity contribution is 0.802. The van der Waals surface area contributed by atoms with Crippen LogP contribution >= 0.6 is 0 Å². The fourth-order valence-electron chi connectivity index (χ4n) is 1.12. The van der Waals surface area contributed by atoms with Crippen LogP contribution in [0, 0.1) is 5.92 Å². The predicted molar refractivity (Wildman–Crippen MR) is 45.8 cm³/mol. The van der Waals surface area contributed by atoms with Crippen LogP contribution in [0.2, 0.25) is 0 Å². The lowest BCUT2D eigenvalue weighted by Crippen LogP contribution is -2.04. The first kappa shape index (κ1) is 7.33. The van der Waals surface area contributed by atoms with Crippen molar-refractivity contribution in [3.05, 3.63) is 35.5 Å². The Kier molecular flexibility index (Phi) is 1.80. The average molecular weight is 134 g/mol. The molecule has 10 heavy (non-hydrogen) atoms. The van der Waals surface area contributed by atoms with Crippen molar-refractivity contribution in [3.8, 4) is 0 Å². The lowest BCUT2D eigenvalue weighted by Gasteiger charge is -2.19. The Morgan fingerprint density at radius 1 is 1.30 bits per heavy atom. The van der Waals surface area contributed by atoms with Crippen molar-refractivity contribution in [1.82, 2.24) is 0 Å². The molecule has 0 aromatic rings. The van der Waals surface area contributed by atoms with Crippen LogP contribution in [0.3, 0.4) is 0 Å². The van der Waals surface area contributed by atoms with Crippen LogP contribution in [0.4, 0.5) is 0 Å². The highest BCUT2D eigenvalue weighted by Gasteiger charge is 2.12. The summed E-state index contributed by atoms with van der Waals surface area (Å²) in [6.07, 6.45) is 4.31. The molecule has 0 heteroatoms. The molecule has 1 rings (SSSR count). The molecule has 0 saturated heterocycles. The predicted octanol–water partition coefficient (Wildman–Crippen LogP) is 3.08. The smallest absolute Gasteiger partial charge is 0.00169 e. The van der Waals surface area contributed by atoms with E-state index in [1.54, 1.807) is 0 Å². The summed E-state index contributed by atoms with van der Waals surface area (Å²) in [4.78, 5) is 0. The molecular formula is C10H14. The van der Waals surface area contributed by atoms with Crippen LogP contribution in [0.25, 0.3) is 0 Å². The van der Waals surface area contributed by atoms with Crippen molar-refractivity contribution in [2.45, 2.75) is 20.8 Å². The molecule has 0 amide bonds. The Hall–Kier alpha value is -0.780. The molecule has 1 unspecified atom stereocenters. The van der Waals surface area contributed by atoms with E-state index in [9.17, 15) is 0 Å². The third-order valence-corrected chi connectivity index (χ3v) is 2.31. The van der Waals surface area contributed by atoms with E-state index >= 15 is 0 Å². The van der Waals surface area contributed by atoms with Gasteiger partial charge in [0.1, 0.15) is 0 Å². The van der Waals surface area contributed by atoms with Gasteiger partial charge in [0.15, 0.2) is 0 Å². The normalized spacial score (nSPS) is 25.9. The minimum Gasteiger partial charge on any atom is -0.0950 e. The van der Waals surface area contributed by atoms with E-state index in [0.29, 0.717) is 5.92 Å². The maximum Gasteiger partial charge on any atom is 0.00169 e. The molecule has 0 radical (unpaired) electrons. The number of hydrogen-bond donors (Lipinski definition) is 0. The fourth-order valence-corrected chi connectivity index (χ4v) is 1.12. The van der Waals surface area contributed by atoms with Crippen LogP contribution in [-0.2, 0) is 0 Å². The van der Waals surface area contributed by atoms with Gasteiger partial charge in [-0.15, -0.1) is 0 Å². The fraction of sp³-hybridized carbons (Fsp3) is 0.400. The van der Waals surface area contributed by atoms with Gasteiger partial charge >= 0.3 is 0 Å². The first-order valence-electron chi connectivity index (χ1n) is 3.67. The Bertz CT molecular complexity index is 214. The summed E-state index contributed by atoms with van der Waals surface area (Å²) in [5.74, 6) is 0.546. The lowest BCUT2D eigenvalue weighted by atomic mass is 9.86. The molecule has 1 aliphatic rings. The molecule has 0 aromatic carbocycles. The van der Waals surface area contributed by atoms with Gasteiger partial charge < -0.3 is 0 Å². The topological polar surface area (TPSA) is 0 Å². The monoisotopic (exact) mass is 134 g/mol. The number of rotatable bonds is 0. The maximum atomic E-state index is 4.02. The van der Waals surface area contributed by atoms with Gasteiger partial charge in [-0.25, -0.2) is 0 Å². The summed E-state index contributed by atoms with van der Waals surface area (Å²) in [6.45, 7) is 10.5. The highest BCUT2D eigenvalue weighted by Crippen LogP contribution is 2.27. The molecular weight excluding hydrogens is 120 g/mol. The summed E-state index contributed by atoms with van der Waals surface area (Å²) >= 11 is 0. The van der Waals surface area contributed by atoms with Crippen LogP contribution in [-0.4, -0.2) is 0 Å². The van der Waals surface area contributed by atoms with Gasteiger partial charge in [-0.2, -0.15) is 0 Å². The van der Waals surface area contributed by atoms with Crippen molar-refractivity contribution in [2.75, 3.05) is 0 Å². The van der Waals surface area contributed by atoms with Gasteiger partial charge in [0.25, 0.3) is 0 Å². The maximum absolute atomic E-state index is 4.02. The second-order valence-electron chi connectivity index (χ2n) is 3.01. The summed E-state index contributed by atoms with van der Waals surface area (Å²) in [6, 6.07) is 0. The average Bonchev–Trinajstić information content (AvgIpc) is 1.93. The van der Waals surface area contributed by atoms with Crippen LogP contribution in [0.1, 0.15) is 20.8 Å². The first-order chi connectivity index (χ1) is 4.63. The van der Waals surface area contributed by atoms with E-state index in [1.807, 2.05) is 0 Å². The SMILES string of the molecule is C=C1C(C)=CC=C(C)C1C. The van der Waals surface area contributed by atoms with Gasteiger partial charge in [-0.05, 0) is 25.0 Å². The van der Waals surface area contributed by atoms with E-state index in [0.717, 1.165) is 0 Å². The summed E-state index contributed by atoms with van der Waals surface area (Å²) in [5, 5.41) is 0. The molecule has 0 nitrogen and oxygen atoms in total. The highest BCUT2D eigenvalue weighted by molar-refractivity contribution is 5.41. The molecule has 54 valence electrons. The molecule has 0 aliphatic heterocycles. The van der Waals surface area contributed by atoms with Gasteiger partial charge in [0.2, 0.25) is 0 Å². The van der Waals surface area contributed by atoms with Gasteiger partial charge in [-0.3, -0.25) is 0 Å². The molecule has 0 bridgehead atoms. The Morgan fingerprint density at radius 3 is 2.40 bits per heavy atom. The zero-order chi connectivity index (χ0) is 7.72. The highest BCUT2D eigenvalue weighted by atomic mass is 14.2. The van der Waals surface area contributed by atoms with Crippen LogP contribution in [0.15, 0.2) is 35.5 Å². The minimum atomic E-state index is 0.546. The summed E-state index contributed by atoms with van der Waals surface area (Å²) < 4.78 is 0. The van der Waals surface area contributed by atoms with E-state index < -0.39 is 0 Å². The van der Waals surface area contributed by atoms with E-state index in [2.05, 4.69) is 39.5 Å². The molecule has 0 N–H and O–H groups in total. The standard InChI is InChI=1S/C10H14/c1-7-5-6-8(2)10(4)9(7)3/h5-6,10H,3H2,1-2,4H3. The second-order valence-corrected chi connectivity index (χ2v) is 3.01. The van der Waals surface area contributed by atoms with Crippen molar-refractivity contribution in [1.29, 1.82) is 0 Å². The van der Waals surface area contributed by atoms with Gasteiger partial charge in [-0.1, -0.05) is 31.2 Å². The molecule has 0 aromatic heterocycles. The Morgan fingerprint density at radius 2 is 1.90 bits per heavy atom. The first-order valence-corrected chi connectivity index (χ1v) is 3.67. The molecule has 0 fully saturated rings. The zero-order valence-electron chi connectivity index (χ0n) is 6.94. The zero-order valence-corrected chi connectivity index (χ0v) is 6.94.